The fourth-order valence-corrected chi connectivity index (χ4v) is 2.30. The number of nitrogen functional groups attached to an aromatic ring is 1. The number of nitrogens with zero attached hydrogens (tertiary/aromatic N) is 2. The molecule has 0 saturated carbocycles. The zero-order chi connectivity index (χ0) is 14.0. The molecule has 0 aliphatic carbocycles. The van der Waals surface area contributed by atoms with Crippen LogP contribution in [-0.2, 0) is 12.0 Å². The fraction of sp³-hybridized carbons (Fsp3) is 0.438. The molecule has 0 saturated heterocycles. The monoisotopic (exact) mass is 257 g/mol. The SMILES string of the molecule is CCCn1c(C(C)(C)C)nc(-c2ccccc2)c1N. The van der Waals surface area contributed by atoms with Crippen LogP contribution in [-0.4, -0.2) is 9.55 Å². The Kier molecular flexibility index (Phi) is 3.65. The number of aromatic nitrogens is 2. The van der Waals surface area contributed by atoms with Gasteiger partial charge in [0.1, 0.15) is 17.3 Å². The molecule has 0 aliphatic rings. The third-order valence-corrected chi connectivity index (χ3v) is 3.17. The molecule has 0 atom stereocenters. The zero-order valence-corrected chi connectivity index (χ0v) is 12.3. The summed E-state index contributed by atoms with van der Waals surface area (Å²) in [6, 6.07) is 10.2. The average Bonchev–Trinajstić information content (AvgIpc) is 2.69. The summed E-state index contributed by atoms with van der Waals surface area (Å²) in [5.74, 6) is 1.84. The molecular formula is C16H23N3. The first-order valence-electron chi connectivity index (χ1n) is 6.87. The number of imidazole rings is 1. The van der Waals surface area contributed by atoms with E-state index >= 15 is 0 Å². The molecule has 0 radical (unpaired) electrons. The number of anilines is 1. The van der Waals surface area contributed by atoms with E-state index in [1.165, 1.54) is 0 Å². The van der Waals surface area contributed by atoms with Gasteiger partial charge in [-0.3, -0.25) is 0 Å². The molecule has 0 aliphatic heterocycles. The van der Waals surface area contributed by atoms with Crippen LogP contribution in [0.3, 0.4) is 0 Å². The Balaban J connectivity index is 2.59. The Labute approximate surface area is 115 Å². The van der Waals surface area contributed by atoms with Crippen LogP contribution in [0.1, 0.15) is 39.9 Å². The van der Waals surface area contributed by atoms with Crippen LogP contribution in [0, 0.1) is 0 Å². The summed E-state index contributed by atoms with van der Waals surface area (Å²) in [7, 11) is 0. The van der Waals surface area contributed by atoms with E-state index < -0.39 is 0 Å². The van der Waals surface area contributed by atoms with Crippen LogP contribution in [0.15, 0.2) is 30.3 Å². The van der Waals surface area contributed by atoms with Crippen LogP contribution >= 0.6 is 0 Å². The van der Waals surface area contributed by atoms with Gasteiger partial charge in [0.2, 0.25) is 0 Å². The van der Waals surface area contributed by atoms with E-state index in [1.807, 2.05) is 18.2 Å². The van der Waals surface area contributed by atoms with Gasteiger partial charge >= 0.3 is 0 Å². The maximum atomic E-state index is 6.32. The summed E-state index contributed by atoms with van der Waals surface area (Å²) in [5.41, 5.74) is 8.30. The Morgan fingerprint density at radius 1 is 1.16 bits per heavy atom. The standard InChI is InChI=1S/C16H23N3/c1-5-11-19-14(17)13(12-9-7-6-8-10-12)18-15(19)16(2,3)4/h6-10H,5,11,17H2,1-4H3. The van der Waals surface area contributed by atoms with Crippen molar-refractivity contribution in [3.63, 3.8) is 0 Å². The molecule has 1 aromatic heterocycles. The minimum Gasteiger partial charge on any atom is -0.383 e. The quantitative estimate of drug-likeness (QED) is 0.908. The smallest absolute Gasteiger partial charge is 0.131 e. The van der Waals surface area contributed by atoms with E-state index in [9.17, 15) is 0 Å². The molecule has 19 heavy (non-hydrogen) atoms. The Morgan fingerprint density at radius 2 is 1.79 bits per heavy atom. The number of hydrogen-bond donors (Lipinski definition) is 1. The number of benzene rings is 1. The van der Waals surface area contributed by atoms with Crippen molar-refractivity contribution in [2.75, 3.05) is 5.73 Å². The summed E-state index contributed by atoms with van der Waals surface area (Å²) in [6.07, 6.45) is 1.05. The molecule has 2 N–H and O–H groups in total. The van der Waals surface area contributed by atoms with Crippen molar-refractivity contribution >= 4 is 5.82 Å². The largest absolute Gasteiger partial charge is 0.383 e. The van der Waals surface area contributed by atoms with Gasteiger partial charge in [-0.2, -0.15) is 0 Å². The molecule has 0 spiro atoms. The minimum absolute atomic E-state index is 0.00365. The molecule has 1 heterocycles. The van der Waals surface area contributed by atoms with Gasteiger partial charge in [0.25, 0.3) is 0 Å². The molecule has 1 aromatic carbocycles. The Morgan fingerprint density at radius 3 is 2.32 bits per heavy atom. The van der Waals surface area contributed by atoms with Gasteiger partial charge < -0.3 is 10.3 Å². The highest BCUT2D eigenvalue weighted by Gasteiger charge is 2.24. The number of hydrogen-bond acceptors (Lipinski definition) is 2. The maximum absolute atomic E-state index is 6.32. The van der Waals surface area contributed by atoms with E-state index in [0.29, 0.717) is 0 Å². The van der Waals surface area contributed by atoms with Crippen LogP contribution in [0.25, 0.3) is 11.3 Å². The first-order valence-corrected chi connectivity index (χ1v) is 6.87. The summed E-state index contributed by atoms with van der Waals surface area (Å²) in [4.78, 5) is 4.81. The Hall–Kier alpha value is -1.77. The van der Waals surface area contributed by atoms with E-state index in [-0.39, 0.29) is 5.41 Å². The van der Waals surface area contributed by atoms with Gasteiger partial charge in [0.05, 0.1) is 0 Å². The molecule has 3 nitrogen and oxygen atoms in total. The summed E-state index contributed by atoms with van der Waals surface area (Å²) in [5, 5.41) is 0. The molecule has 3 heteroatoms. The molecule has 2 aromatic rings. The van der Waals surface area contributed by atoms with Gasteiger partial charge in [-0.1, -0.05) is 58.0 Å². The van der Waals surface area contributed by atoms with Crippen molar-refractivity contribution < 1.29 is 0 Å². The topological polar surface area (TPSA) is 43.8 Å². The van der Waals surface area contributed by atoms with Crippen molar-refractivity contribution in [3.8, 4) is 11.3 Å². The highest BCUT2D eigenvalue weighted by atomic mass is 15.1. The van der Waals surface area contributed by atoms with Crippen molar-refractivity contribution in [2.45, 2.75) is 46.1 Å². The number of nitrogens with two attached hydrogens (primary N) is 1. The lowest BCUT2D eigenvalue weighted by Crippen LogP contribution is -2.19. The first kappa shape index (κ1) is 13.7. The van der Waals surface area contributed by atoms with Crippen molar-refractivity contribution in [1.82, 2.24) is 9.55 Å². The highest BCUT2D eigenvalue weighted by Crippen LogP contribution is 2.31. The lowest BCUT2D eigenvalue weighted by Gasteiger charge is -2.19. The van der Waals surface area contributed by atoms with Gasteiger partial charge in [0, 0.05) is 17.5 Å². The molecular weight excluding hydrogens is 234 g/mol. The molecule has 2 rings (SSSR count). The molecule has 0 unspecified atom stereocenters. The lowest BCUT2D eigenvalue weighted by atomic mass is 9.95. The van der Waals surface area contributed by atoms with Gasteiger partial charge in [0.15, 0.2) is 0 Å². The van der Waals surface area contributed by atoms with Crippen LogP contribution in [0.4, 0.5) is 5.82 Å². The fourth-order valence-electron chi connectivity index (χ4n) is 2.30. The van der Waals surface area contributed by atoms with Crippen molar-refractivity contribution in [3.05, 3.63) is 36.2 Å². The summed E-state index contributed by atoms with van der Waals surface area (Å²) < 4.78 is 2.16. The minimum atomic E-state index is -0.00365. The van der Waals surface area contributed by atoms with Gasteiger partial charge in [-0.25, -0.2) is 4.98 Å². The van der Waals surface area contributed by atoms with E-state index in [4.69, 9.17) is 10.7 Å². The van der Waals surface area contributed by atoms with Crippen LogP contribution in [0.5, 0.6) is 0 Å². The highest BCUT2D eigenvalue weighted by molar-refractivity contribution is 5.71. The summed E-state index contributed by atoms with van der Waals surface area (Å²) >= 11 is 0. The average molecular weight is 257 g/mol. The van der Waals surface area contributed by atoms with Gasteiger partial charge in [-0.05, 0) is 6.42 Å². The lowest BCUT2D eigenvalue weighted by molar-refractivity contribution is 0.498. The van der Waals surface area contributed by atoms with Crippen LogP contribution < -0.4 is 5.73 Å². The van der Waals surface area contributed by atoms with Crippen LogP contribution in [0.2, 0.25) is 0 Å². The van der Waals surface area contributed by atoms with E-state index in [2.05, 4.69) is 44.4 Å². The predicted molar refractivity (Wildman–Crippen MR) is 81.1 cm³/mol. The third kappa shape index (κ3) is 2.65. The van der Waals surface area contributed by atoms with Gasteiger partial charge in [-0.15, -0.1) is 0 Å². The second kappa shape index (κ2) is 5.08. The van der Waals surface area contributed by atoms with Crippen molar-refractivity contribution in [1.29, 1.82) is 0 Å². The first-order chi connectivity index (χ1) is 8.95. The van der Waals surface area contributed by atoms with E-state index in [0.717, 1.165) is 35.9 Å². The summed E-state index contributed by atoms with van der Waals surface area (Å²) in [6.45, 7) is 9.60. The Bertz CT molecular complexity index is 547. The normalized spacial score (nSPS) is 11.8. The second-order valence-electron chi connectivity index (χ2n) is 5.94. The zero-order valence-electron chi connectivity index (χ0n) is 12.3. The molecule has 0 fully saturated rings. The van der Waals surface area contributed by atoms with Crippen molar-refractivity contribution in [2.24, 2.45) is 0 Å². The van der Waals surface area contributed by atoms with E-state index in [1.54, 1.807) is 0 Å². The third-order valence-electron chi connectivity index (χ3n) is 3.17. The number of rotatable bonds is 3. The predicted octanol–water partition coefficient (Wildman–Crippen LogP) is 3.84. The maximum Gasteiger partial charge on any atom is 0.131 e. The second-order valence-corrected chi connectivity index (χ2v) is 5.94. The molecule has 102 valence electrons. The molecule has 0 bridgehead atoms. The molecule has 0 amide bonds.